The Bertz CT molecular complexity index is 638. The molecule has 0 atom stereocenters. The van der Waals surface area contributed by atoms with Crippen molar-refractivity contribution in [1.82, 2.24) is 9.55 Å². The zero-order chi connectivity index (χ0) is 13.3. The number of aromatic amines is 1. The Morgan fingerprint density at radius 3 is 2.33 bits per heavy atom. The lowest BCUT2D eigenvalue weighted by Gasteiger charge is -2.04. The Morgan fingerprint density at radius 2 is 1.89 bits per heavy atom. The van der Waals surface area contributed by atoms with Crippen molar-refractivity contribution in [2.24, 2.45) is 7.05 Å². The van der Waals surface area contributed by atoms with Gasteiger partial charge in [-0.15, -0.1) is 11.8 Å². The maximum Gasteiger partial charge on any atom is 0.326 e. The van der Waals surface area contributed by atoms with E-state index >= 15 is 0 Å². The van der Waals surface area contributed by atoms with Crippen molar-refractivity contribution < 1.29 is 4.79 Å². The second-order valence-corrected chi connectivity index (χ2v) is 4.90. The highest BCUT2D eigenvalue weighted by atomic mass is 32.2. The molecule has 1 aromatic carbocycles. The van der Waals surface area contributed by atoms with Crippen molar-refractivity contribution in [2.75, 3.05) is 6.26 Å². The second-order valence-electron chi connectivity index (χ2n) is 4.02. The number of thioether (sulfide) groups is 1. The van der Waals surface area contributed by atoms with Gasteiger partial charge in [-0.05, 0) is 37.4 Å². The summed E-state index contributed by atoms with van der Waals surface area (Å²) in [6.07, 6.45) is 1.98. The van der Waals surface area contributed by atoms with Gasteiger partial charge in [0.25, 0.3) is 0 Å². The molecule has 0 aliphatic heterocycles. The number of ketones is 1. The van der Waals surface area contributed by atoms with E-state index in [1.807, 2.05) is 18.4 Å². The van der Waals surface area contributed by atoms with Crippen LogP contribution in [0.4, 0.5) is 0 Å². The molecule has 1 aromatic heterocycles. The van der Waals surface area contributed by atoms with E-state index in [4.69, 9.17) is 0 Å². The van der Waals surface area contributed by atoms with Crippen LogP contribution in [0.15, 0.2) is 34.0 Å². The molecule has 0 saturated carbocycles. The third-order valence-electron chi connectivity index (χ3n) is 2.86. The van der Waals surface area contributed by atoms with Crippen LogP contribution in [0.1, 0.15) is 21.7 Å². The van der Waals surface area contributed by atoms with Gasteiger partial charge in [-0.25, -0.2) is 4.79 Å². The quantitative estimate of drug-likeness (QED) is 0.679. The third kappa shape index (κ3) is 2.13. The lowest BCUT2D eigenvalue weighted by molar-refractivity contribution is 0.103. The molecular formula is C13H14N2O2S. The summed E-state index contributed by atoms with van der Waals surface area (Å²) in [6.45, 7) is 1.73. The van der Waals surface area contributed by atoms with Gasteiger partial charge in [0.05, 0.1) is 0 Å². The fraction of sp³-hybridized carbons (Fsp3) is 0.231. The number of carbonyl (C=O) groups is 1. The maximum absolute atomic E-state index is 12.3. The van der Waals surface area contributed by atoms with Crippen LogP contribution in [-0.4, -0.2) is 21.6 Å². The summed E-state index contributed by atoms with van der Waals surface area (Å²) < 4.78 is 1.35. The number of imidazole rings is 1. The lowest BCUT2D eigenvalue weighted by atomic mass is 10.1. The van der Waals surface area contributed by atoms with Gasteiger partial charge < -0.3 is 4.98 Å². The first kappa shape index (κ1) is 12.7. The fourth-order valence-electron chi connectivity index (χ4n) is 1.86. The minimum Gasteiger partial charge on any atom is -0.309 e. The Kier molecular flexibility index (Phi) is 3.43. The molecule has 0 amide bonds. The molecule has 2 rings (SSSR count). The molecule has 0 saturated heterocycles. The summed E-state index contributed by atoms with van der Waals surface area (Å²) in [4.78, 5) is 27.5. The number of hydrogen-bond donors (Lipinski definition) is 1. The SMILES string of the molecule is CSc1ccc(C(=O)c2c(C)[nH]c(=O)n2C)cc1. The first-order valence-electron chi connectivity index (χ1n) is 5.49. The summed E-state index contributed by atoms with van der Waals surface area (Å²) in [7, 11) is 1.59. The van der Waals surface area contributed by atoms with Crippen molar-refractivity contribution in [3.63, 3.8) is 0 Å². The first-order valence-corrected chi connectivity index (χ1v) is 6.71. The predicted octanol–water partition coefficient (Wildman–Crippen LogP) is 1.97. The highest BCUT2D eigenvalue weighted by Gasteiger charge is 2.17. The Labute approximate surface area is 109 Å². The van der Waals surface area contributed by atoms with Crippen molar-refractivity contribution in [2.45, 2.75) is 11.8 Å². The van der Waals surface area contributed by atoms with Gasteiger partial charge >= 0.3 is 5.69 Å². The van der Waals surface area contributed by atoms with Crippen LogP contribution in [0.5, 0.6) is 0 Å². The van der Waals surface area contributed by atoms with E-state index in [1.165, 1.54) is 4.57 Å². The van der Waals surface area contributed by atoms with Crippen molar-refractivity contribution in [1.29, 1.82) is 0 Å². The van der Waals surface area contributed by atoms with E-state index in [0.717, 1.165) is 4.90 Å². The Hall–Kier alpha value is -1.75. The van der Waals surface area contributed by atoms with E-state index in [0.29, 0.717) is 17.0 Å². The minimum absolute atomic E-state index is 0.138. The van der Waals surface area contributed by atoms with Crippen LogP contribution in [0.2, 0.25) is 0 Å². The molecule has 0 radical (unpaired) electrons. The van der Waals surface area contributed by atoms with Gasteiger partial charge in [0.2, 0.25) is 5.78 Å². The summed E-state index contributed by atoms with van der Waals surface area (Å²) in [5, 5.41) is 0. The topological polar surface area (TPSA) is 54.9 Å². The molecule has 94 valence electrons. The number of nitrogens with one attached hydrogen (secondary N) is 1. The number of carbonyl (C=O) groups excluding carboxylic acids is 1. The molecule has 0 aliphatic rings. The Morgan fingerprint density at radius 1 is 1.28 bits per heavy atom. The standard InChI is InChI=1S/C13H14N2O2S/c1-8-11(15(2)13(17)14-8)12(16)9-4-6-10(18-3)7-5-9/h4-7H,1-3H3,(H,14,17). The Balaban J connectivity index is 2.44. The van der Waals surface area contributed by atoms with Crippen molar-refractivity contribution in [3.8, 4) is 0 Å². The molecule has 0 fully saturated rings. The smallest absolute Gasteiger partial charge is 0.309 e. The summed E-state index contributed by atoms with van der Waals surface area (Å²) in [5.41, 5.74) is 1.33. The van der Waals surface area contributed by atoms with Gasteiger partial charge in [0.1, 0.15) is 5.69 Å². The number of aryl methyl sites for hydroxylation is 1. The molecule has 5 heteroatoms. The molecular weight excluding hydrogens is 248 g/mol. The fourth-order valence-corrected chi connectivity index (χ4v) is 2.27. The number of aromatic nitrogens is 2. The number of H-pyrrole nitrogens is 1. The van der Waals surface area contributed by atoms with E-state index in [9.17, 15) is 9.59 Å². The number of benzene rings is 1. The molecule has 1 N–H and O–H groups in total. The van der Waals surface area contributed by atoms with E-state index in [1.54, 1.807) is 37.9 Å². The monoisotopic (exact) mass is 262 g/mol. The van der Waals surface area contributed by atoms with Crippen LogP contribution >= 0.6 is 11.8 Å². The molecule has 0 aliphatic carbocycles. The zero-order valence-electron chi connectivity index (χ0n) is 10.5. The molecule has 18 heavy (non-hydrogen) atoms. The first-order chi connectivity index (χ1) is 8.54. The van der Waals surface area contributed by atoms with Gasteiger partial charge in [-0.2, -0.15) is 0 Å². The van der Waals surface area contributed by atoms with E-state index in [-0.39, 0.29) is 11.5 Å². The molecule has 2 aromatic rings. The number of hydrogen-bond acceptors (Lipinski definition) is 3. The van der Waals surface area contributed by atoms with Crippen LogP contribution in [0, 0.1) is 6.92 Å². The van der Waals surface area contributed by atoms with E-state index in [2.05, 4.69) is 4.98 Å². The van der Waals surface area contributed by atoms with Gasteiger partial charge in [-0.1, -0.05) is 0 Å². The van der Waals surface area contributed by atoms with Crippen molar-refractivity contribution >= 4 is 17.5 Å². The van der Waals surface area contributed by atoms with Crippen LogP contribution in [0.25, 0.3) is 0 Å². The highest BCUT2D eigenvalue weighted by molar-refractivity contribution is 7.98. The van der Waals surface area contributed by atoms with E-state index < -0.39 is 0 Å². The average Bonchev–Trinajstić information content (AvgIpc) is 2.63. The predicted molar refractivity (Wildman–Crippen MR) is 72.4 cm³/mol. The number of rotatable bonds is 3. The zero-order valence-corrected chi connectivity index (χ0v) is 11.3. The minimum atomic E-state index is -0.267. The molecule has 1 heterocycles. The van der Waals surface area contributed by atoms with Gasteiger partial charge in [0.15, 0.2) is 0 Å². The van der Waals surface area contributed by atoms with Crippen LogP contribution in [0.3, 0.4) is 0 Å². The molecule has 4 nitrogen and oxygen atoms in total. The number of nitrogens with zero attached hydrogens (tertiary/aromatic N) is 1. The second kappa shape index (κ2) is 4.86. The summed E-state index contributed by atoms with van der Waals surface area (Å²) in [6, 6.07) is 7.37. The van der Waals surface area contributed by atoms with Crippen molar-refractivity contribution in [3.05, 3.63) is 51.7 Å². The summed E-state index contributed by atoms with van der Waals surface area (Å²) >= 11 is 1.62. The maximum atomic E-state index is 12.3. The van der Waals surface area contributed by atoms with Crippen LogP contribution < -0.4 is 5.69 Å². The molecule has 0 unspecified atom stereocenters. The highest BCUT2D eigenvalue weighted by Crippen LogP contribution is 2.17. The van der Waals surface area contributed by atoms with Crippen LogP contribution in [-0.2, 0) is 7.05 Å². The largest absolute Gasteiger partial charge is 0.326 e. The van der Waals surface area contributed by atoms with Gasteiger partial charge in [0, 0.05) is 23.2 Å². The average molecular weight is 262 g/mol. The van der Waals surface area contributed by atoms with Gasteiger partial charge in [-0.3, -0.25) is 9.36 Å². The lowest BCUT2D eigenvalue weighted by Crippen LogP contribution is -2.17. The normalized spacial score (nSPS) is 10.6. The molecule has 0 spiro atoms. The molecule has 0 bridgehead atoms. The summed E-state index contributed by atoms with van der Waals surface area (Å²) in [5.74, 6) is -0.138. The third-order valence-corrected chi connectivity index (χ3v) is 3.60.